The summed E-state index contributed by atoms with van der Waals surface area (Å²) >= 11 is 0. The minimum atomic E-state index is -3.28. The van der Waals surface area contributed by atoms with Gasteiger partial charge in [0.1, 0.15) is 5.75 Å². The van der Waals surface area contributed by atoms with E-state index in [1.807, 2.05) is 20.8 Å². The summed E-state index contributed by atoms with van der Waals surface area (Å²) < 4.78 is 23.4. The maximum atomic E-state index is 11.7. The Labute approximate surface area is 110 Å². The molecule has 18 heavy (non-hydrogen) atoms. The topological polar surface area (TPSA) is 75.3 Å². The van der Waals surface area contributed by atoms with Crippen LogP contribution in [0.5, 0.6) is 0 Å². The highest BCUT2D eigenvalue weighted by Gasteiger charge is 2.25. The highest BCUT2D eigenvalue weighted by atomic mass is 32.2. The smallest absolute Gasteiger partial charge is 0.235 e. The Morgan fingerprint density at radius 3 is 2.67 bits per heavy atom. The third-order valence-corrected chi connectivity index (χ3v) is 4.92. The van der Waals surface area contributed by atoms with Gasteiger partial charge in [-0.1, -0.05) is 13.8 Å². The lowest BCUT2D eigenvalue weighted by Crippen LogP contribution is -2.53. The van der Waals surface area contributed by atoms with Gasteiger partial charge in [-0.3, -0.25) is 4.79 Å². The minimum Gasteiger partial charge on any atom is -0.351 e. The molecule has 0 radical (unpaired) electrons. The van der Waals surface area contributed by atoms with Crippen molar-refractivity contribution in [3.8, 4) is 0 Å². The van der Waals surface area contributed by atoms with E-state index in [-0.39, 0.29) is 29.7 Å². The molecule has 106 valence electrons. The Kier molecular flexibility index (Phi) is 5.59. The number of hydrogen-bond acceptors (Lipinski definition) is 4. The Bertz CT molecular complexity index is 379. The second-order valence-electron chi connectivity index (χ2n) is 5.51. The summed E-state index contributed by atoms with van der Waals surface area (Å²) in [6.45, 7) is 6.64. The van der Waals surface area contributed by atoms with Gasteiger partial charge in [-0.25, -0.2) is 8.42 Å². The van der Waals surface area contributed by atoms with Crippen molar-refractivity contribution in [3.63, 3.8) is 0 Å². The number of rotatable bonds is 5. The molecule has 1 saturated heterocycles. The number of carbonyl (C=O) groups excluding carboxylic acids is 1. The lowest BCUT2D eigenvalue weighted by molar-refractivity contribution is -0.119. The van der Waals surface area contributed by atoms with E-state index in [4.69, 9.17) is 0 Å². The average Bonchev–Trinajstić information content (AvgIpc) is 2.18. The van der Waals surface area contributed by atoms with Gasteiger partial charge in [-0.05, 0) is 32.2 Å². The maximum Gasteiger partial charge on any atom is 0.235 e. The van der Waals surface area contributed by atoms with Gasteiger partial charge in [0, 0.05) is 12.1 Å². The van der Waals surface area contributed by atoms with Crippen molar-refractivity contribution in [2.45, 2.75) is 45.7 Å². The van der Waals surface area contributed by atoms with Crippen molar-refractivity contribution < 1.29 is 13.2 Å². The molecule has 6 heteroatoms. The zero-order valence-corrected chi connectivity index (χ0v) is 12.2. The van der Waals surface area contributed by atoms with Crippen molar-refractivity contribution in [1.29, 1.82) is 0 Å². The van der Waals surface area contributed by atoms with E-state index in [2.05, 4.69) is 10.6 Å². The van der Waals surface area contributed by atoms with Crippen molar-refractivity contribution >= 4 is 15.7 Å². The fourth-order valence-corrected chi connectivity index (χ4v) is 3.87. The first-order valence-corrected chi connectivity index (χ1v) is 8.35. The SMILES string of the molecule is CC(C)CS(=O)(=O)CC(=O)NC1CCCNC1C. The summed E-state index contributed by atoms with van der Waals surface area (Å²) in [7, 11) is -3.28. The molecule has 1 heterocycles. The van der Waals surface area contributed by atoms with E-state index in [0.29, 0.717) is 0 Å². The van der Waals surface area contributed by atoms with Gasteiger partial charge in [-0.15, -0.1) is 0 Å². The van der Waals surface area contributed by atoms with Crippen molar-refractivity contribution in [2.75, 3.05) is 18.1 Å². The molecule has 0 saturated carbocycles. The van der Waals surface area contributed by atoms with Gasteiger partial charge in [0.05, 0.1) is 5.75 Å². The van der Waals surface area contributed by atoms with E-state index in [1.54, 1.807) is 0 Å². The van der Waals surface area contributed by atoms with Crippen molar-refractivity contribution in [3.05, 3.63) is 0 Å². The maximum absolute atomic E-state index is 11.7. The molecule has 2 atom stereocenters. The fourth-order valence-electron chi connectivity index (χ4n) is 2.26. The van der Waals surface area contributed by atoms with Crippen LogP contribution in [0, 0.1) is 5.92 Å². The lowest BCUT2D eigenvalue weighted by Gasteiger charge is -2.30. The standard InChI is InChI=1S/C12H24N2O3S/c1-9(2)7-18(16,17)8-12(15)14-11-5-4-6-13-10(11)3/h9-11,13H,4-8H2,1-3H3,(H,14,15). The van der Waals surface area contributed by atoms with Crippen LogP contribution >= 0.6 is 0 Å². The summed E-state index contributed by atoms with van der Waals surface area (Å²) in [6.07, 6.45) is 1.91. The molecule has 0 aromatic carbocycles. The molecule has 0 aliphatic carbocycles. The van der Waals surface area contributed by atoms with Crippen LogP contribution in [0.25, 0.3) is 0 Å². The highest BCUT2D eigenvalue weighted by molar-refractivity contribution is 7.92. The predicted molar refractivity (Wildman–Crippen MR) is 72.1 cm³/mol. The Morgan fingerprint density at radius 1 is 1.44 bits per heavy atom. The van der Waals surface area contributed by atoms with Gasteiger partial charge >= 0.3 is 0 Å². The first-order valence-electron chi connectivity index (χ1n) is 6.53. The molecule has 1 aliphatic rings. The number of hydrogen-bond donors (Lipinski definition) is 2. The lowest BCUT2D eigenvalue weighted by atomic mass is 10.00. The van der Waals surface area contributed by atoms with E-state index in [0.717, 1.165) is 19.4 Å². The first kappa shape index (κ1) is 15.4. The molecule has 0 aromatic heterocycles. The number of nitrogens with one attached hydrogen (secondary N) is 2. The summed E-state index contributed by atoms with van der Waals surface area (Å²) in [6, 6.07) is 0.246. The van der Waals surface area contributed by atoms with E-state index < -0.39 is 15.6 Å². The van der Waals surface area contributed by atoms with E-state index in [1.165, 1.54) is 0 Å². The number of carbonyl (C=O) groups is 1. The average molecular weight is 276 g/mol. The van der Waals surface area contributed by atoms with Crippen molar-refractivity contribution in [2.24, 2.45) is 5.92 Å². The Hall–Kier alpha value is -0.620. The quantitative estimate of drug-likeness (QED) is 0.758. The van der Waals surface area contributed by atoms with Crippen LogP contribution in [-0.4, -0.2) is 44.5 Å². The Morgan fingerprint density at radius 2 is 2.11 bits per heavy atom. The molecule has 1 amide bonds. The van der Waals surface area contributed by atoms with E-state index in [9.17, 15) is 13.2 Å². The molecule has 2 N–H and O–H groups in total. The first-order chi connectivity index (χ1) is 8.30. The highest BCUT2D eigenvalue weighted by Crippen LogP contribution is 2.08. The minimum absolute atomic E-state index is 0.0421. The second kappa shape index (κ2) is 6.52. The molecule has 1 rings (SSSR count). The number of sulfone groups is 1. The van der Waals surface area contributed by atoms with Gasteiger partial charge < -0.3 is 10.6 Å². The normalized spacial score (nSPS) is 25.1. The molecule has 0 aromatic rings. The molecule has 0 spiro atoms. The van der Waals surface area contributed by atoms with Crippen LogP contribution in [0.3, 0.4) is 0 Å². The molecule has 1 fully saturated rings. The Balaban J connectivity index is 2.46. The largest absolute Gasteiger partial charge is 0.351 e. The number of piperidine rings is 1. The van der Waals surface area contributed by atoms with E-state index >= 15 is 0 Å². The second-order valence-corrected chi connectivity index (χ2v) is 7.62. The molecule has 0 bridgehead atoms. The van der Waals surface area contributed by atoms with Crippen LogP contribution < -0.4 is 10.6 Å². The molecule has 5 nitrogen and oxygen atoms in total. The summed E-state index contributed by atoms with van der Waals surface area (Å²) in [5.74, 6) is -0.651. The van der Waals surface area contributed by atoms with Gasteiger partial charge in [0.25, 0.3) is 0 Å². The molecule has 1 aliphatic heterocycles. The predicted octanol–water partition coefficient (Wildman–Crippen LogP) is 0.314. The van der Waals surface area contributed by atoms with Gasteiger partial charge in [0.15, 0.2) is 9.84 Å². The van der Waals surface area contributed by atoms with Gasteiger partial charge in [-0.2, -0.15) is 0 Å². The van der Waals surface area contributed by atoms with Crippen molar-refractivity contribution in [1.82, 2.24) is 10.6 Å². The van der Waals surface area contributed by atoms with Crippen LogP contribution in [0.1, 0.15) is 33.6 Å². The summed E-state index contributed by atoms with van der Waals surface area (Å²) in [5.41, 5.74) is 0. The zero-order chi connectivity index (χ0) is 13.8. The summed E-state index contributed by atoms with van der Waals surface area (Å²) in [5, 5.41) is 6.09. The fraction of sp³-hybridized carbons (Fsp3) is 0.917. The van der Waals surface area contributed by atoms with Crippen LogP contribution in [0.4, 0.5) is 0 Å². The zero-order valence-electron chi connectivity index (χ0n) is 11.4. The third-order valence-electron chi connectivity index (χ3n) is 3.05. The molecular weight excluding hydrogens is 252 g/mol. The van der Waals surface area contributed by atoms with Crippen LogP contribution in [0.15, 0.2) is 0 Å². The van der Waals surface area contributed by atoms with Gasteiger partial charge in [0.2, 0.25) is 5.91 Å². The molecular formula is C12H24N2O3S. The molecule has 2 unspecified atom stereocenters. The summed E-state index contributed by atoms with van der Waals surface area (Å²) in [4.78, 5) is 11.7. The monoisotopic (exact) mass is 276 g/mol. The third kappa shape index (κ3) is 5.35. The van der Waals surface area contributed by atoms with Crippen LogP contribution in [0.2, 0.25) is 0 Å². The van der Waals surface area contributed by atoms with Crippen LogP contribution in [-0.2, 0) is 14.6 Å². The number of amides is 1.